The predicted molar refractivity (Wildman–Crippen MR) is 123 cm³/mol. The van der Waals surface area contributed by atoms with Gasteiger partial charge in [-0.3, -0.25) is 14.9 Å². The monoisotopic (exact) mass is 440 g/mol. The maximum Gasteiger partial charge on any atom is 0.331 e. The van der Waals surface area contributed by atoms with Crippen molar-refractivity contribution in [3.8, 4) is 0 Å². The average Bonchev–Trinajstić information content (AvgIpc) is 3.34. The third-order valence-corrected chi connectivity index (χ3v) is 6.83. The molecule has 0 aromatic heterocycles. The first-order chi connectivity index (χ1) is 16.0. The summed E-state index contributed by atoms with van der Waals surface area (Å²) in [6, 6.07) is 25.1. The van der Waals surface area contributed by atoms with Crippen LogP contribution in [0.1, 0.15) is 22.7 Å². The molecule has 0 unspecified atom stereocenters. The van der Waals surface area contributed by atoms with E-state index >= 15 is 0 Å². The summed E-state index contributed by atoms with van der Waals surface area (Å²) in [6.07, 6.45) is 0. The van der Waals surface area contributed by atoms with Crippen LogP contribution in [0, 0.1) is 18.8 Å². The zero-order chi connectivity index (χ0) is 23.2. The molecule has 33 heavy (non-hydrogen) atoms. The summed E-state index contributed by atoms with van der Waals surface area (Å²) in [5, 5.41) is 3.42. The number of methoxy groups -OCH3 is 1. The number of rotatable bonds is 4. The van der Waals surface area contributed by atoms with Crippen molar-refractivity contribution < 1.29 is 19.1 Å². The average molecular weight is 440 g/mol. The number of ether oxygens (including phenoxy) is 1. The second-order valence-electron chi connectivity index (χ2n) is 8.50. The van der Waals surface area contributed by atoms with Crippen LogP contribution in [0.2, 0.25) is 0 Å². The first-order valence-corrected chi connectivity index (χ1v) is 10.9. The van der Waals surface area contributed by atoms with E-state index in [1.807, 2.05) is 55.5 Å². The van der Waals surface area contributed by atoms with E-state index in [1.165, 1.54) is 12.0 Å². The molecule has 0 aliphatic carbocycles. The Labute approximate surface area is 192 Å². The van der Waals surface area contributed by atoms with Gasteiger partial charge in [-0.15, -0.1) is 0 Å². The molecule has 6 heteroatoms. The van der Waals surface area contributed by atoms with Crippen LogP contribution in [-0.4, -0.2) is 24.9 Å². The number of esters is 1. The Morgan fingerprint density at radius 3 is 2.12 bits per heavy atom. The Kier molecular flexibility index (Phi) is 5.10. The van der Waals surface area contributed by atoms with Gasteiger partial charge in [0.25, 0.3) is 0 Å². The summed E-state index contributed by atoms with van der Waals surface area (Å²) in [5.41, 5.74) is 1.45. The number of para-hydroxylation sites is 1. The van der Waals surface area contributed by atoms with Gasteiger partial charge in [-0.2, -0.15) is 0 Å². The minimum Gasteiger partial charge on any atom is -0.467 e. The van der Waals surface area contributed by atoms with Gasteiger partial charge in [0.15, 0.2) is 5.54 Å². The lowest BCUT2D eigenvalue weighted by molar-refractivity contribution is -0.152. The molecule has 2 aliphatic heterocycles. The van der Waals surface area contributed by atoms with Crippen LogP contribution in [-0.2, 0) is 24.7 Å². The van der Waals surface area contributed by atoms with E-state index in [4.69, 9.17) is 4.74 Å². The lowest BCUT2D eigenvalue weighted by Crippen LogP contribution is -2.53. The highest BCUT2D eigenvalue weighted by molar-refractivity contribution is 6.24. The van der Waals surface area contributed by atoms with Gasteiger partial charge in [-0.1, -0.05) is 72.8 Å². The van der Waals surface area contributed by atoms with Gasteiger partial charge in [0, 0.05) is 6.04 Å². The Hall–Kier alpha value is -3.77. The molecule has 0 bridgehead atoms. The zero-order valence-electron chi connectivity index (χ0n) is 18.4. The van der Waals surface area contributed by atoms with E-state index in [2.05, 4.69) is 5.32 Å². The highest BCUT2D eigenvalue weighted by Crippen LogP contribution is 2.54. The summed E-state index contributed by atoms with van der Waals surface area (Å²) < 4.78 is 5.26. The van der Waals surface area contributed by atoms with Crippen molar-refractivity contribution in [2.24, 2.45) is 11.8 Å². The maximum atomic E-state index is 13.9. The Morgan fingerprint density at radius 2 is 1.48 bits per heavy atom. The zero-order valence-corrected chi connectivity index (χ0v) is 18.4. The number of carbonyl (C=O) groups excluding carboxylic acids is 3. The molecule has 5 rings (SSSR count). The van der Waals surface area contributed by atoms with E-state index < -0.39 is 35.3 Å². The van der Waals surface area contributed by atoms with Crippen LogP contribution < -0.4 is 10.2 Å². The van der Waals surface area contributed by atoms with E-state index in [1.54, 1.807) is 36.4 Å². The normalized spacial score (nSPS) is 26.4. The lowest BCUT2D eigenvalue weighted by atomic mass is 9.75. The number of benzene rings is 3. The van der Waals surface area contributed by atoms with Crippen molar-refractivity contribution in [1.82, 2.24) is 5.32 Å². The van der Waals surface area contributed by atoms with E-state index in [0.29, 0.717) is 11.3 Å². The summed E-state index contributed by atoms with van der Waals surface area (Å²) in [4.78, 5) is 42.5. The van der Waals surface area contributed by atoms with E-state index in [-0.39, 0.29) is 5.91 Å². The van der Waals surface area contributed by atoms with Gasteiger partial charge in [0.1, 0.15) is 0 Å². The molecule has 0 radical (unpaired) electrons. The fraction of sp³-hybridized carbons (Fsp3) is 0.222. The number of imide groups is 1. The number of hydrogen-bond acceptors (Lipinski definition) is 5. The van der Waals surface area contributed by atoms with Crippen molar-refractivity contribution in [2.45, 2.75) is 18.5 Å². The SMILES string of the molecule is COC(=O)[C@]1(c2ccccc2)N[C@H](c2ccccc2C)[C@@H]2C(=O)N(c3ccccc3)C(=O)[C@H]21. The standard InChI is InChI=1S/C27H24N2O4/c1-17-11-9-10-16-20(17)23-21-22(25(31)29(24(21)30)19-14-7-4-8-15-19)27(28-23,26(32)33-2)18-12-5-3-6-13-18/h3-16,21-23,28H,1-2H3/t21-,22+,23-,27-/m1/s1. The third-order valence-electron chi connectivity index (χ3n) is 6.83. The number of nitrogens with zero attached hydrogens (tertiary/aromatic N) is 1. The largest absolute Gasteiger partial charge is 0.467 e. The summed E-state index contributed by atoms with van der Waals surface area (Å²) in [7, 11) is 1.31. The highest BCUT2D eigenvalue weighted by atomic mass is 16.5. The summed E-state index contributed by atoms with van der Waals surface area (Å²) >= 11 is 0. The Morgan fingerprint density at radius 1 is 0.879 bits per heavy atom. The number of carbonyl (C=O) groups is 3. The van der Waals surface area contributed by atoms with Gasteiger partial charge >= 0.3 is 5.97 Å². The Balaban J connectivity index is 1.75. The summed E-state index contributed by atoms with van der Waals surface area (Å²) in [6.45, 7) is 1.96. The van der Waals surface area contributed by atoms with Crippen molar-refractivity contribution in [2.75, 3.05) is 12.0 Å². The van der Waals surface area contributed by atoms with Gasteiger partial charge in [0.2, 0.25) is 11.8 Å². The molecule has 2 fully saturated rings. The van der Waals surface area contributed by atoms with Gasteiger partial charge in [-0.05, 0) is 35.7 Å². The smallest absolute Gasteiger partial charge is 0.331 e. The number of aryl methyl sites for hydroxylation is 1. The topological polar surface area (TPSA) is 75.7 Å². The van der Waals surface area contributed by atoms with Crippen molar-refractivity contribution in [3.63, 3.8) is 0 Å². The molecule has 2 aliphatic rings. The summed E-state index contributed by atoms with van der Waals surface area (Å²) in [5.74, 6) is -3.04. The molecule has 6 nitrogen and oxygen atoms in total. The molecule has 0 spiro atoms. The van der Waals surface area contributed by atoms with Crippen LogP contribution in [0.15, 0.2) is 84.9 Å². The third kappa shape index (κ3) is 3.02. The van der Waals surface area contributed by atoms with Crippen LogP contribution >= 0.6 is 0 Å². The second-order valence-corrected chi connectivity index (χ2v) is 8.50. The van der Waals surface area contributed by atoms with Crippen LogP contribution in [0.5, 0.6) is 0 Å². The number of fused-ring (bicyclic) bond motifs is 1. The lowest BCUT2D eigenvalue weighted by Gasteiger charge is -2.33. The van der Waals surface area contributed by atoms with Crippen molar-refractivity contribution >= 4 is 23.5 Å². The number of hydrogen-bond donors (Lipinski definition) is 1. The predicted octanol–water partition coefficient (Wildman–Crippen LogP) is 3.51. The highest BCUT2D eigenvalue weighted by Gasteiger charge is 2.69. The molecule has 2 amide bonds. The van der Waals surface area contributed by atoms with Crippen LogP contribution in [0.3, 0.4) is 0 Å². The van der Waals surface area contributed by atoms with E-state index in [9.17, 15) is 14.4 Å². The number of anilines is 1. The number of nitrogens with one attached hydrogen (secondary N) is 1. The molecule has 3 aromatic rings. The molecule has 4 atom stereocenters. The van der Waals surface area contributed by atoms with Crippen LogP contribution in [0.25, 0.3) is 0 Å². The molecule has 2 saturated heterocycles. The minimum absolute atomic E-state index is 0.321. The van der Waals surface area contributed by atoms with Gasteiger partial charge in [0.05, 0.1) is 24.6 Å². The molecule has 2 heterocycles. The fourth-order valence-corrected chi connectivity index (χ4v) is 5.37. The first-order valence-electron chi connectivity index (χ1n) is 10.9. The molecule has 0 saturated carbocycles. The van der Waals surface area contributed by atoms with Gasteiger partial charge < -0.3 is 4.74 Å². The molecule has 166 valence electrons. The van der Waals surface area contributed by atoms with Crippen LogP contribution in [0.4, 0.5) is 5.69 Å². The maximum absolute atomic E-state index is 13.9. The van der Waals surface area contributed by atoms with Crippen molar-refractivity contribution in [1.29, 1.82) is 0 Å². The Bertz CT molecular complexity index is 1230. The van der Waals surface area contributed by atoms with E-state index in [0.717, 1.165) is 11.1 Å². The van der Waals surface area contributed by atoms with Gasteiger partial charge in [-0.25, -0.2) is 9.69 Å². The minimum atomic E-state index is -1.50. The molecule has 3 aromatic carbocycles. The molecular formula is C27H24N2O4. The second kappa shape index (κ2) is 7.98. The number of amides is 2. The molecular weight excluding hydrogens is 416 g/mol. The first kappa shape index (κ1) is 21.1. The fourth-order valence-electron chi connectivity index (χ4n) is 5.37. The molecule has 1 N–H and O–H groups in total. The quantitative estimate of drug-likeness (QED) is 0.496. The van der Waals surface area contributed by atoms with Crippen molar-refractivity contribution in [3.05, 3.63) is 102 Å².